The number of hydrogen-bond acceptors (Lipinski definition) is 3. The van der Waals surface area contributed by atoms with E-state index < -0.39 is 36.4 Å². The molecule has 2 amide bonds. The molecule has 116 valence electrons. The number of carboxylic acids is 1. The van der Waals surface area contributed by atoms with Gasteiger partial charge in [-0.25, -0.2) is 9.59 Å². The van der Waals surface area contributed by atoms with Crippen molar-refractivity contribution in [1.29, 1.82) is 0 Å². The van der Waals surface area contributed by atoms with E-state index in [0.29, 0.717) is 5.56 Å². The summed E-state index contributed by atoms with van der Waals surface area (Å²) in [4.78, 5) is 21.9. The van der Waals surface area contributed by atoms with Crippen LogP contribution < -0.4 is 10.6 Å². The molecule has 0 radical (unpaired) electrons. The molecule has 0 aromatic heterocycles. The van der Waals surface area contributed by atoms with Crippen LogP contribution in [-0.2, 0) is 17.5 Å². The lowest BCUT2D eigenvalue weighted by atomic mass is 10.1. The lowest BCUT2D eigenvalue weighted by molar-refractivity contribution is -0.140. The Kier molecular flexibility index (Phi) is 5.53. The quantitative estimate of drug-likeness (QED) is 0.651. The second-order valence-corrected chi connectivity index (χ2v) is 4.10. The van der Waals surface area contributed by atoms with Crippen LogP contribution in [0.25, 0.3) is 0 Å². The van der Waals surface area contributed by atoms with E-state index in [-0.39, 0.29) is 6.54 Å². The number of carbonyl (C=O) groups excluding carboxylic acids is 1. The highest BCUT2D eigenvalue weighted by Gasteiger charge is 2.29. The first-order chi connectivity index (χ1) is 9.74. The standard InChI is InChI=1S/C12H13F3N2O4/c13-12(14,15)8-3-1-7(2-4-8)5-16-11(21)17-9(6-18)10(19)20/h1-4,9,18H,5-6H2,(H,19,20)(H2,16,17,21)/t9-/m0/s1. The number of aliphatic carboxylic acids is 1. The second kappa shape index (κ2) is 6.93. The van der Waals surface area contributed by atoms with E-state index in [4.69, 9.17) is 10.2 Å². The van der Waals surface area contributed by atoms with Crippen LogP contribution in [0.3, 0.4) is 0 Å². The summed E-state index contributed by atoms with van der Waals surface area (Å²) in [5, 5.41) is 21.6. The molecule has 9 heteroatoms. The molecule has 1 aromatic rings. The van der Waals surface area contributed by atoms with E-state index in [1.54, 1.807) is 0 Å². The molecule has 4 N–H and O–H groups in total. The molecule has 0 bridgehead atoms. The van der Waals surface area contributed by atoms with Crippen LogP contribution in [0.5, 0.6) is 0 Å². The Hall–Kier alpha value is -2.29. The number of nitrogens with one attached hydrogen (secondary N) is 2. The number of aliphatic hydroxyl groups is 1. The van der Waals surface area contributed by atoms with Crippen molar-refractivity contribution in [3.8, 4) is 0 Å². The van der Waals surface area contributed by atoms with Gasteiger partial charge >= 0.3 is 18.2 Å². The third kappa shape index (κ3) is 5.30. The van der Waals surface area contributed by atoms with Gasteiger partial charge in [0.25, 0.3) is 0 Å². The summed E-state index contributed by atoms with van der Waals surface area (Å²) in [5.74, 6) is -1.40. The Morgan fingerprint density at radius 3 is 2.19 bits per heavy atom. The van der Waals surface area contributed by atoms with Crippen molar-refractivity contribution in [3.63, 3.8) is 0 Å². The van der Waals surface area contributed by atoms with Crippen molar-refractivity contribution < 1.29 is 33.0 Å². The highest BCUT2D eigenvalue weighted by Crippen LogP contribution is 2.28. The van der Waals surface area contributed by atoms with Gasteiger partial charge in [-0.15, -0.1) is 0 Å². The van der Waals surface area contributed by atoms with E-state index >= 15 is 0 Å². The number of carbonyl (C=O) groups is 2. The van der Waals surface area contributed by atoms with E-state index in [1.165, 1.54) is 12.1 Å². The third-order valence-corrected chi connectivity index (χ3v) is 2.52. The molecule has 0 spiro atoms. The number of carboxylic acid groups (broad SMARTS) is 1. The lowest BCUT2D eigenvalue weighted by Gasteiger charge is -2.13. The Balaban J connectivity index is 2.52. The van der Waals surface area contributed by atoms with E-state index in [9.17, 15) is 22.8 Å². The molecule has 0 heterocycles. The zero-order chi connectivity index (χ0) is 16.0. The van der Waals surface area contributed by atoms with E-state index in [0.717, 1.165) is 12.1 Å². The third-order valence-electron chi connectivity index (χ3n) is 2.52. The minimum Gasteiger partial charge on any atom is -0.480 e. The van der Waals surface area contributed by atoms with Gasteiger partial charge in [0.1, 0.15) is 0 Å². The summed E-state index contributed by atoms with van der Waals surface area (Å²) in [7, 11) is 0. The summed E-state index contributed by atoms with van der Waals surface area (Å²) in [6.07, 6.45) is -4.43. The summed E-state index contributed by atoms with van der Waals surface area (Å²) in [5.41, 5.74) is -0.393. The Labute approximate surface area is 117 Å². The average Bonchev–Trinajstić information content (AvgIpc) is 2.41. The maximum absolute atomic E-state index is 12.3. The van der Waals surface area contributed by atoms with Gasteiger partial charge < -0.3 is 20.8 Å². The largest absolute Gasteiger partial charge is 0.480 e. The highest BCUT2D eigenvalue weighted by molar-refractivity contribution is 5.82. The van der Waals surface area contributed by atoms with Crippen molar-refractivity contribution in [3.05, 3.63) is 35.4 Å². The molecular weight excluding hydrogens is 293 g/mol. The molecule has 6 nitrogen and oxygen atoms in total. The SMILES string of the molecule is O=C(NCc1ccc(C(F)(F)F)cc1)N[C@@H](CO)C(=O)O. The molecule has 0 saturated heterocycles. The number of rotatable bonds is 5. The van der Waals surface area contributed by atoms with Crippen LogP contribution >= 0.6 is 0 Å². The monoisotopic (exact) mass is 306 g/mol. The van der Waals surface area contributed by atoms with Crippen LogP contribution in [-0.4, -0.2) is 34.9 Å². The highest BCUT2D eigenvalue weighted by atomic mass is 19.4. The normalized spacial score (nSPS) is 12.6. The molecule has 0 aliphatic heterocycles. The minimum atomic E-state index is -4.43. The first kappa shape index (κ1) is 16.8. The van der Waals surface area contributed by atoms with Crippen molar-refractivity contribution in [2.24, 2.45) is 0 Å². The van der Waals surface area contributed by atoms with Crippen LogP contribution in [0.2, 0.25) is 0 Å². The number of hydrogen-bond donors (Lipinski definition) is 4. The first-order valence-corrected chi connectivity index (χ1v) is 5.78. The Morgan fingerprint density at radius 1 is 1.19 bits per heavy atom. The molecule has 0 unspecified atom stereocenters. The number of alkyl halides is 3. The Bertz CT molecular complexity index is 502. The zero-order valence-electron chi connectivity index (χ0n) is 10.6. The summed E-state index contributed by atoms with van der Waals surface area (Å²) >= 11 is 0. The molecule has 0 aliphatic rings. The van der Waals surface area contributed by atoms with Crippen LogP contribution in [0.4, 0.5) is 18.0 Å². The molecule has 1 aromatic carbocycles. The molecule has 21 heavy (non-hydrogen) atoms. The fraction of sp³-hybridized carbons (Fsp3) is 0.333. The van der Waals surface area contributed by atoms with Crippen LogP contribution in [0, 0.1) is 0 Å². The van der Waals surface area contributed by atoms with E-state index in [1.807, 2.05) is 5.32 Å². The van der Waals surface area contributed by atoms with Gasteiger partial charge in [-0.05, 0) is 17.7 Å². The summed E-state index contributed by atoms with van der Waals surface area (Å²) in [6, 6.07) is 1.85. The van der Waals surface area contributed by atoms with Gasteiger partial charge in [-0.2, -0.15) is 13.2 Å². The van der Waals surface area contributed by atoms with Gasteiger partial charge in [-0.3, -0.25) is 0 Å². The average molecular weight is 306 g/mol. The number of amides is 2. The molecular formula is C12H13F3N2O4. The van der Waals surface area contributed by atoms with Crippen molar-refractivity contribution in [2.75, 3.05) is 6.61 Å². The topological polar surface area (TPSA) is 98.7 Å². The van der Waals surface area contributed by atoms with Gasteiger partial charge in [0.2, 0.25) is 0 Å². The zero-order valence-corrected chi connectivity index (χ0v) is 10.6. The smallest absolute Gasteiger partial charge is 0.416 e. The molecule has 0 saturated carbocycles. The van der Waals surface area contributed by atoms with E-state index in [2.05, 4.69) is 5.32 Å². The van der Waals surface area contributed by atoms with Crippen molar-refractivity contribution >= 4 is 12.0 Å². The lowest BCUT2D eigenvalue weighted by Crippen LogP contribution is -2.47. The molecule has 1 atom stereocenters. The summed E-state index contributed by atoms with van der Waals surface area (Å²) < 4.78 is 37.0. The predicted octanol–water partition coefficient (Wildman–Crippen LogP) is 0.950. The number of benzene rings is 1. The first-order valence-electron chi connectivity index (χ1n) is 5.78. The van der Waals surface area contributed by atoms with Gasteiger partial charge in [0.05, 0.1) is 12.2 Å². The number of aliphatic hydroxyl groups excluding tert-OH is 1. The maximum atomic E-state index is 12.3. The molecule has 1 rings (SSSR count). The summed E-state index contributed by atoms with van der Waals surface area (Å²) in [6.45, 7) is -0.856. The molecule has 0 aliphatic carbocycles. The second-order valence-electron chi connectivity index (χ2n) is 4.10. The van der Waals surface area contributed by atoms with Crippen molar-refractivity contribution in [1.82, 2.24) is 10.6 Å². The fourth-order valence-corrected chi connectivity index (χ4v) is 1.39. The maximum Gasteiger partial charge on any atom is 0.416 e. The van der Waals surface area contributed by atoms with Crippen LogP contribution in [0.15, 0.2) is 24.3 Å². The number of urea groups is 1. The number of halogens is 3. The molecule has 0 fully saturated rings. The predicted molar refractivity (Wildman–Crippen MR) is 65.3 cm³/mol. The van der Waals surface area contributed by atoms with Crippen molar-refractivity contribution in [2.45, 2.75) is 18.8 Å². The minimum absolute atomic E-state index is 0.0816. The van der Waals surface area contributed by atoms with Gasteiger partial charge in [-0.1, -0.05) is 12.1 Å². The van der Waals surface area contributed by atoms with Gasteiger partial charge in [0, 0.05) is 6.54 Å². The van der Waals surface area contributed by atoms with Crippen LogP contribution in [0.1, 0.15) is 11.1 Å². The Morgan fingerprint density at radius 2 is 1.76 bits per heavy atom. The van der Waals surface area contributed by atoms with Gasteiger partial charge in [0.15, 0.2) is 6.04 Å². The fourth-order valence-electron chi connectivity index (χ4n) is 1.39.